The molecule has 0 aromatic carbocycles. The minimum absolute atomic E-state index is 0.199. The number of nitrogens with zero attached hydrogens (tertiary/aromatic N) is 5. The van der Waals surface area contributed by atoms with Crippen LogP contribution in [0.15, 0.2) is 0 Å². The zero-order chi connectivity index (χ0) is 12.3. The van der Waals surface area contributed by atoms with Gasteiger partial charge in [0.15, 0.2) is 0 Å². The minimum Gasteiger partial charge on any atom is -0.467 e. The van der Waals surface area contributed by atoms with Crippen molar-refractivity contribution in [3.8, 4) is 6.01 Å². The van der Waals surface area contributed by atoms with Gasteiger partial charge in [0.1, 0.15) is 0 Å². The first-order valence-corrected chi connectivity index (χ1v) is 5.75. The number of aromatic nitrogens is 3. The van der Waals surface area contributed by atoms with Crippen LogP contribution < -0.4 is 15.4 Å². The number of methoxy groups -OCH3 is 1. The average Bonchev–Trinajstić information content (AvgIpc) is 2.38. The molecule has 1 aliphatic rings. The molecule has 7 heteroatoms. The predicted molar refractivity (Wildman–Crippen MR) is 65.1 cm³/mol. The summed E-state index contributed by atoms with van der Waals surface area (Å²) in [4.78, 5) is 16.7. The molecule has 2 heterocycles. The van der Waals surface area contributed by atoms with Gasteiger partial charge in [0.25, 0.3) is 0 Å². The maximum absolute atomic E-state index is 5.62. The first kappa shape index (κ1) is 11.8. The molecule has 94 valence electrons. The van der Waals surface area contributed by atoms with Crippen LogP contribution in [0, 0.1) is 0 Å². The van der Waals surface area contributed by atoms with Crippen molar-refractivity contribution in [2.75, 3.05) is 50.5 Å². The number of nitrogens with two attached hydrogens (primary N) is 1. The molecule has 0 aliphatic carbocycles. The van der Waals surface area contributed by atoms with E-state index in [1.54, 1.807) is 0 Å². The molecule has 1 saturated heterocycles. The molecule has 1 aromatic heterocycles. The van der Waals surface area contributed by atoms with E-state index in [4.69, 9.17) is 10.5 Å². The largest absolute Gasteiger partial charge is 0.467 e. The highest BCUT2D eigenvalue weighted by Gasteiger charge is 2.19. The van der Waals surface area contributed by atoms with Crippen LogP contribution in [0.1, 0.15) is 6.92 Å². The summed E-state index contributed by atoms with van der Waals surface area (Å²) in [5.41, 5.74) is 5.62. The Kier molecular flexibility index (Phi) is 3.58. The first-order valence-electron chi connectivity index (χ1n) is 5.75. The van der Waals surface area contributed by atoms with Gasteiger partial charge in [-0.05, 0) is 6.54 Å². The second-order valence-electron chi connectivity index (χ2n) is 3.90. The van der Waals surface area contributed by atoms with E-state index in [0.717, 1.165) is 32.7 Å². The molecule has 0 saturated carbocycles. The Hall–Kier alpha value is -1.63. The molecule has 2 N–H and O–H groups in total. The Balaban J connectivity index is 2.10. The van der Waals surface area contributed by atoms with Gasteiger partial charge in [-0.25, -0.2) is 0 Å². The molecule has 1 fully saturated rings. The number of piperazine rings is 1. The van der Waals surface area contributed by atoms with Crippen LogP contribution in [-0.2, 0) is 0 Å². The van der Waals surface area contributed by atoms with Crippen molar-refractivity contribution >= 4 is 11.9 Å². The Morgan fingerprint density at radius 2 is 1.88 bits per heavy atom. The molecule has 0 amide bonds. The molecule has 0 spiro atoms. The van der Waals surface area contributed by atoms with Crippen LogP contribution in [0.3, 0.4) is 0 Å². The van der Waals surface area contributed by atoms with Crippen LogP contribution in [0.4, 0.5) is 11.9 Å². The van der Waals surface area contributed by atoms with Gasteiger partial charge in [-0.1, -0.05) is 6.92 Å². The summed E-state index contributed by atoms with van der Waals surface area (Å²) in [7, 11) is 1.52. The topological polar surface area (TPSA) is 80.4 Å². The monoisotopic (exact) mass is 238 g/mol. The number of likely N-dealkylation sites (N-methyl/N-ethyl adjacent to an activating group) is 1. The molecular weight excluding hydrogens is 220 g/mol. The molecule has 0 atom stereocenters. The predicted octanol–water partition coefficient (Wildman–Crippen LogP) is -0.396. The number of nitrogen functional groups attached to an aromatic ring is 1. The van der Waals surface area contributed by atoms with E-state index in [0.29, 0.717) is 5.95 Å². The molecule has 17 heavy (non-hydrogen) atoms. The smallest absolute Gasteiger partial charge is 0.322 e. The third kappa shape index (κ3) is 2.73. The molecular formula is C10H18N6O. The standard InChI is InChI=1S/C10H18N6O/c1-3-15-4-6-16(7-5-15)9-12-8(11)13-10(14-9)17-2/h3-7H2,1-2H3,(H2,11,12,13,14). The number of ether oxygens (including phenoxy) is 1. The van der Waals surface area contributed by atoms with Gasteiger partial charge in [0.2, 0.25) is 11.9 Å². The van der Waals surface area contributed by atoms with E-state index in [-0.39, 0.29) is 12.0 Å². The lowest BCUT2D eigenvalue weighted by atomic mass is 10.3. The lowest BCUT2D eigenvalue weighted by molar-refractivity contribution is 0.269. The number of rotatable bonds is 3. The van der Waals surface area contributed by atoms with Crippen LogP contribution in [-0.4, -0.2) is 59.7 Å². The van der Waals surface area contributed by atoms with Crippen molar-refractivity contribution in [2.24, 2.45) is 0 Å². The van der Waals surface area contributed by atoms with Crippen molar-refractivity contribution in [1.82, 2.24) is 19.9 Å². The highest BCUT2D eigenvalue weighted by Crippen LogP contribution is 2.14. The number of hydrogen-bond donors (Lipinski definition) is 1. The third-order valence-electron chi connectivity index (χ3n) is 2.91. The van der Waals surface area contributed by atoms with Crippen molar-refractivity contribution in [2.45, 2.75) is 6.92 Å². The third-order valence-corrected chi connectivity index (χ3v) is 2.91. The van der Waals surface area contributed by atoms with E-state index < -0.39 is 0 Å². The molecule has 0 bridgehead atoms. The summed E-state index contributed by atoms with van der Waals surface area (Å²) in [5, 5.41) is 0. The van der Waals surface area contributed by atoms with Gasteiger partial charge in [-0.15, -0.1) is 0 Å². The highest BCUT2D eigenvalue weighted by molar-refractivity contribution is 5.36. The lowest BCUT2D eigenvalue weighted by Crippen LogP contribution is -2.46. The molecule has 1 aliphatic heterocycles. The molecule has 7 nitrogen and oxygen atoms in total. The fourth-order valence-corrected chi connectivity index (χ4v) is 1.86. The number of anilines is 2. The SMILES string of the molecule is CCN1CCN(c2nc(N)nc(OC)n2)CC1. The van der Waals surface area contributed by atoms with Crippen molar-refractivity contribution in [3.63, 3.8) is 0 Å². The summed E-state index contributed by atoms with van der Waals surface area (Å²) in [6, 6.07) is 0.269. The Labute approximate surface area is 101 Å². The van der Waals surface area contributed by atoms with Gasteiger partial charge >= 0.3 is 6.01 Å². The lowest BCUT2D eigenvalue weighted by Gasteiger charge is -2.33. The fourth-order valence-electron chi connectivity index (χ4n) is 1.86. The maximum atomic E-state index is 5.62. The van der Waals surface area contributed by atoms with E-state index >= 15 is 0 Å². The van der Waals surface area contributed by atoms with E-state index in [1.165, 1.54) is 7.11 Å². The fraction of sp³-hybridized carbons (Fsp3) is 0.700. The summed E-state index contributed by atoms with van der Waals surface area (Å²) >= 11 is 0. The minimum atomic E-state index is 0.199. The summed E-state index contributed by atoms with van der Waals surface area (Å²) in [6.45, 7) is 7.09. The molecule has 0 radical (unpaired) electrons. The summed E-state index contributed by atoms with van der Waals surface area (Å²) in [6.07, 6.45) is 0. The van der Waals surface area contributed by atoms with Gasteiger partial charge in [-0.3, -0.25) is 0 Å². The average molecular weight is 238 g/mol. The highest BCUT2D eigenvalue weighted by atomic mass is 16.5. The van der Waals surface area contributed by atoms with Gasteiger partial charge in [-0.2, -0.15) is 15.0 Å². The Bertz CT molecular complexity index is 377. The van der Waals surface area contributed by atoms with Crippen LogP contribution in [0.5, 0.6) is 6.01 Å². The zero-order valence-electron chi connectivity index (χ0n) is 10.3. The van der Waals surface area contributed by atoms with Gasteiger partial charge in [0, 0.05) is 26.2 Å². The van der Waals surface area contributed by atoms with Crippen LogP contribution >= 0.6 is 0 Å². The maximum Gasteiger partial charge on any atom is 0.322 e. The second kappa shape index (κ2) is 5.13. The van der Waals surface area contributed by atoms with E-state index in [2.05, 4.69) is 31.7 Å². The van der Waals surface area contributed by atoms with Gasteiger partial charge in [0.05, 0.1) is 7.11 Å². The van der Waals surface area contributed by atoms with Crippen molar-refractivity contribution in [1.29, 1.82) is 0 Å². The Morgan fingerprint density at radius 3 is 2.47 bits per heavy atom. The molecule has 1 aromatic rings. The van der Waals surface area contributed by atoms with Crippen molar-refractivity contribution < 1.29 is 4.74 Å². The summed E-state index contributed by atoms with van der Waals surface area (Å²) in [5.74, 6) is 0.801. The van der Waals surface area contributed by atoms with Crippen LogP contribution in [0.2, 0.25) is 0 Å². The van der Waals surface area contributed by atoms with E-state index in [9.17, 15) is 0 Å². The second-order valence-corrected chi connectivity index (χ2v) is 3.90. The quantitative estimate of drug-likeness (QED) is 0.767. The van der Waals surface area contributed by atoms with Crippen molar-refractivity contribution in [3.05, 3.63) is 0 Å². The summed E-state index contributed by atoms with van der Waals surface area (Å²) < 4.78 is 4.99. The van der Waals surface area contributed by atoms with Crippen LogP contribution in [0.25, 0.3) is 0 Å². The normalized spacial score (nSPS) is 17.2. The number of hydrogen-bond acceptors (Lipinski definition) is 7. The molecule has 2 rings (SSSR count). The zero-order valence-corrected chi connectivity index (χ0v) is 10.3. The van der Waals surface area contributed by atoms with Gasteiger partial charge < -0.3 is 20.3 Å². The molecule has 0 unspecified atom stereocenters. The Morgan fingerprint density at radius 1 is 1.18 bits per heavy atom. The first-order chi connectivity index (χ1) is 8.22. The van der Waals surface area contributed by atoms with E-state index in [1.807, 2.05) is 0 Å².